The van der Waals surface area contributed by atoms with Crippen LogP contribution in [0.3, 0.4) is 0 Å². The van der Waals surface area contributed by atoms with Crippen molar-refractivity contribution in [3.05, 3.63) is 0 Å². The third-order valence-electron chi connectivity index (χ3n) is 5.36. The van der Waals surface area contributed by atoms with Crippen LogP contribution in [-0.2, 0) is 4.74 Å². The summed E-state index contributed by atoms with van der Waals surface area (Å²) in [6.45, 7) is 6.84. The van der Waals surface area contributed by atoms with Crippen LogP contribution in [0.25, 0.3) is 0 Å². The molecule has 2 aliphatic carbocycles. The minimum atomic E-state index is -0.360. The van der Waals surface area contributed by atoms with E-state index in [2.05, 4.69) is 19.2 Å². The van der Waals surface area contributed by atoms with E-state index in [1.54, 1.807) is 0 Å². The Bertz CT molecular complexity index is 272. The van der Waals surface area contributed by atoms with Gasteiger partial charge in [0.15, 0.2) is 0 Å². The lowest BCUT2D eigenvalue weighted by Gasteiger charge is -2.29. The molecule has 2 rings (SSSR count). The third kappa shape index (κ3) is 5.01. The summed E-state index contributed by atoms with van der Waals surface area (Å²) in [5.74, 6) is 2.31. The van der Waals surface area contributed by atoms with Crippen LogP contribution in [0.1, 0.15) is 58.8 Å². The van der Waals surface area contributed by atoms with Gasteiger partial charge < -0.3 is 15.2 Å². The number of nitrogens with one attached hydrogen (secondary N) is 1. The van der Waals surface area contributed by atoms with Crippen molar-refractivity contribution in [1.82, 2.24) is 5.32 Å². The number of hydrogen-bond donors (Lipinski definition) is 2. The first-order valence-corrected chi connectivity index (χ1v) is 8.67. The van der Waals surface area contributed by atoms with E-state index in [-0.39, 0.29) is 6.10 Å². The van der Waals surface area contributed by atoms with Crippen molar-refractivity contribution in [3.8, 4) is 0 Å². The van der Waals surface area contributed by atoms with Gasteiger partial charge in [-0.2, -0.15) is 0 Å². The molecule has 2 saturated carbocycles. The summed E-state index contributed by atoms with van der Waals surface area (Å²) in [5.41, 5.74) is 0. The number of hydrogen-bond acceptors (Lipinski definition) is 3. The zero-order chi connectivity index (χ0) is 14.4. The van der Waals surface area contributed by atoms with Crippen LogP contribution >= 0.6 is 0 Å². The first-order valence-electron chi connectivity index (χ1n) is 8.67. The molecule has 2 N–H and O–H groups in total. The highest BCUT2D eigenvalue weighted by atomic mass is 16.5. The first kappa shape index (κ1) is 16.3. The van der Waals surface area contributed by atoms with E-state index in [9.17, 15) is 5.11 Å². The number of aliphatic hydroxyl groups is 1. The topological polar surface area (TPSA) is 41.5 Å². The van der Waals surface area contributed by atoms with Crippen LogP contribution in [0.4, 0.5) is 0 Å². The number of rotatable bonds is 7. The van der Waals surface area contributed by atoms with Gasteiger partial charge in [-0.1, -0.05) is 39.5 Å². The van der Waals surface area contributed by atoms with Gasteiger partial charge in [-0.15, -0.1) is 0 Å². The van der Waals surface area contributed by atoms with Crippen LogP contribution in [0, 0.1) is 17.8 Å². The molecular weight excluding hydrogens is 250 g/mol. The Morgan fingerprint density at radius 3 is 2.50 bits per heavy atom. The Labute approximate surface area is 124 Å². The van der Waals surface area contributed by atoms with Crippen molar-refractivity contribution in [1.29, 1.82) is 0 Å². The minimum absolute atomic E-state index is 0.360. The lowest BCUT2D eigenvalue weighted by Crippen LogP contribution is -2.36. The molecule has 0 amide bonds. The standard InChI is InChI=1S/C17H33NO2/c1-13-7-5-8-15(13)10-18-11-16(19)12-20-17-9-4-3-6-14(17)2/h13-19H,3-12H2,1-2H3. The molecule has 2 fully saturated rings. The molecule has 0 aromatic carbocycles. The molecule has 0 heterocycles. The summed E-state index contributed by atoms with van der Waals surface area (Å²) in [6.07, 6.45) is 9.16. The molecule has 3 nitrogen and oxygen atoms in total. The summed E-state index contributed by atoms with van der Waals surface area (Å²) in [4.78, 5) is 0. The molecular formula is C17H33NO2. The Morgan fingerprint density at radius 2 is 1.80 bits per heavy atom. The van der Waals surface area contributed by atoms with Crippen LogP contribution in [0.2, 0.25) is 0 Å². The summed E-state index contributed by atoms with van der Waals surface area (Å²) >= 11 is 0. The van der Waals surface area contributed by atoms with E-state index in [0.29, 0.717) is 25.2 Å². The van der Waals surface area contributed by atoms with Crippen LogP contribution < -0.4 is 5.32 Å². The van der Waals surface area contributed by atoms with E-state index < -0.39 is 0 Å². The predicted molar refractivity (Wildman–Crippen MR) is 82.8 cm³/mol. The molecule has 0 spiro atoms. The molecule has 0 bridgehead atoms. The Morgan fingerprint density at radius 1 is 1.05 bits per heavy atom. The SMILES string of the molecule is CC1CCCC1CNCC(O)COC1CCCCC1C. The minimum Gasteiger partial charge on any atom is -0.389 e. The smallest absolute Gasteiger partial charge is 0.0897 e. The van der Waals surface area contributed by atoms with Crippen molar-refractivity contribution < 1.29 is 9.84 Å². The van der Waals surface area contributed by atoms with Crippen molar-refractivity contribution in [2.45, 2.75) is 71.0 Å². The summed E-state index contributed by atoms with van der Waals surface area (Å²) < 4.78 is 5.91. The largest absolute Gasteiger partial charge is 0.389 e. The Hall–Kier alpha value is -0.120. The highest BCUT2D eigenvalue weighted by molar-refractivity contribution is 4.77. The average molecular weight is 283 g/mol. The third-order valence-corrected chi connectivity index (χ3v) is 5.36. The molecule has 0 saturated heterocycles. The van der Waals surface area contributed by atoms with E-state index in [1.807, 2.05) is 0 Å². The highest BCUT2D eigenvalue weighted by Crippen LogP contribution is 2.30. The van der Waals surface area contributed by atoms with Crippen molar-refractivity contribution in [2.75, 3.05) is 19.7 Å². The van der Waals surface area contributed by atoms with Crippen LogP contribution in [0.15, 0.2) is 0 Å². The van der Waals surface area contributed by atoms with Gasteiger partial charge >= 0.3 is 0 Å². The lowest BCUT2D eigenvalue weighted by atomic mass is 9.88. The second-order valence-electron chi connectivity index (χ2n) is 7.11. The maximum absolute atomic E-state index is 10.0. The van der Waals surface area contributed by atoms with E-state index in [4.69, 9.17) is 4.74 Å². The molecule has 0 aromatic heterocycles. The Kier molecular flexibility index (Phi) is 6.79. The zero-order valence-electron chi connectivity index (χ0n) is 13.3. The zero-order valence-corrected chi connectivity index (χ0v) is 13.3. The molecule has 20 heavy (non-hydrogen) atoms. The van der Waals surface area contributed by atoms with Crippen molar-refractivity contribution >= 4 is 0 Å². The lowest BCUT2D eigenvalue weighted by molar-refractivity contribution is -0.0453. The molecule has 5 unspecified atom stereocenters. The van der Waals surface area contributed by atoms with Gasteiger partial charge in [0.25, 0.3) is 0 Å². The van der Waals surface area contributed by atoms with Gasteiger partial charge in [0.2, 0.25) is 0 Å². The number of ether oxygens (including phenoxy) is 1. The van der Waals surface area contributed by atoms with Crippen molar-refractivity contribution in [2.24, 2.45) is 17.8 Å². The van der Waals surface area contributed by atoms with Crippen LogP contribution in [-0.4, -0.2) is 37.0 Å². The van der Waals surface area contributed by atoms with Gasteiger partial charge in [-0.3, -0.25) is 0 Å². The fraction of sp³-hybridized carbons (Fsp3) is 1.00. The van der Waals surface area contributed by atoms with E-state index in [0.717, 1.165) is 18.4 Å². The fourth-order valence-corrected chi connectivity index (χ4v) is 3.78. The summed E-state index contributed by atoms with van der Waals surface area (Å²) in [6, 6.07) is 0. The molecule has 5 atom stereocenters. The van der Waals surface area contributed by atoms with Gasteiger partial charge in [-0.25, -0.2) is 0 Å². The monoisotopic (exact) mass is 283 g/mol. The second-order valence-corrected chi connectivity index (χ2v) is 7.11. The highest BCUT2D eigenvalue weighted by Gasteiger charge is 2.24. The second kappa shape index (κ2) is 8.35. The quantitative estimate of drug-likeness (QED) is 0.755. The van der Waals surface area contributed by atoms with Crippen LogP contribution in [0.5, 0.6) is 0 Å². The molecule has 0 aliphatic heterocycles. The average Bonchev–Trinajstić information content (AvgIpc) is 2.84. The van der Waals surface area contributed by atoms with Gasteiger partial charge in [0.05, 0.1) is 18.8 Å². The maximum Gasteiger partial charge on any atom is 0.0897 e. The normalized spacial score (nSPS) is 36.1. The summed E-state index contributed by atoms with van der Waals surface area (Å²) in [7, 11) is 0. The molecule has 2 aliphatic rings. The molecule has 3 heteroatoms. The predicted octanol–water partition coefficient (Wildman–Crippen LogP) is 2.97. The van der Waals surface area contributed by atoms with E-state index in [1.165, 1.54) is 44.9 Å². The van der Waals surface area contributed by atoms with E-state index >= 15 is 0 Å². The first-order chi connectivity index (χ1) is 9.66. The fourth-order valence-electron chi connectivity index (χ4n) is 3.78. The molecule has 118 valence electrons. The van der Waals surface area contributed by atoms with Gasteiger partial charge in [0.1, 0.15) is 0 Å². The van der Waals surface area contributed by atoms with Gasteiger partial charge in [-0.05, 0) is 43.6 Å². The van der Waals surface area contributed by atoms with Gasteiger partial charge in [0, 0.05) is 6.54 Å². The molecule has 0 radical (unpaired) electrons. The number of aliphatic hydroxyl groups excluding tert-OH is 1. The van der Waals surface area contributed by atoms with Crippen molar-refractivity contribution in [3.63, 3.8) is 0 Å². The Balaban J connectivity index is 1.54. The molecule has 0 aromatic rings. The summed E-state index contributed by atoms with van der Waals surface area (Å²) in [5, 5.41) is 13.4. The maximum atomic E-state index is 10.0.